The summed E-state index contributed by atoms with van der Waals surface area (Å²) >= 11 is 0. The van der Waals surface area contributed by atoms with Gasteiger partial charge in [-0.25, -0.2) is 18.6 Å². The Bertz CT molecular complexity index is 1220. The van der Waals surface area contributed by atoms with E-state index in [-0.39, 0.29) is 24.4 Å². The van der Waals surface area contributed by atoms with Gasteiger partial charge in [0.1, 0.15) is 17.5 Å². The first-order valence-corrected chi connectivity index (χ1v) is 10.7. The molecule has 0 aliphatic heterocycles. The van der Waals surface area contributed by atoms with Gasteiger partial charge < -0.3 is 9.88 Å². The van der Waals surface area contributed by atoms with Gasteiger partial charge in [-0.2, -0.15) is 0 Å². The van der Waals surface area contributed by atoms with E-state index in [4.69, 9.17) is 0 Å². The fourth-order valence-corrected chi connectivity index (χ4v) is 3.57. The summed E-state index contributed by atoms with van der Waals surface area (Å²) in [6.07, 6.45) is 1.79. The normalized spacial score (nSPS) is 11.4. The summed E-state index contributed by atoms with van der Waals surface area (Å²) in [5, 5.41) is 2.47. The van der Waals surface area contributed by atoms with Crippen LogP contribution in [0, 0.1) is 17.6 Å². The molecule has 0 saturated heterocycles. The molecule has 3 aromatic rings. The maximum absolute atomic E-state index is 13.4. The SMILES string of the molecule is CCCCn1c(=O)[nH]c(=O)c2c1nc(CCC(=O)Nc1cc(F)cc(F)c1)n2CC(C)C. The molecule has 0 atom stereocenters. The van der Waals surface area contributed by atoms with Crippen LogP contribution in [0.2, 0.25) is 0 Å². The monoisotopic (exact) mass is 447 g/mol. The number of aryl methyl sites for hydroxylation is 2. The van der Waals surface area contributed by atoms with Gasteiger partial charge in [0, 0.05) is 37.7 Å². The third kappa shape index (κ3) is 5.30. The summed E-state index contributed by atoms with van der Waals surface area (Å²) in [4.78, 5) is 44.3. The molecule has 3 rings (SSSR count). The highest BCUT2D eigenvalue weighted by atomic mass is 19.1. The molecule has 0 aliphatic carbocycles. The molecular formula is C22H27F2N5O3. The average molecular weight is 447 g/mol. The van der Waals surface area contributed by atoms with Crippen molar-refractivity contribution in [2.24, 2.45) is 5.92 Å². The van der Waals surface area contributed by atoms with Crippen LogP contribution in [0.15, 0.2) is 27.8 Å². The Morgan fingerprint density at radius 1 is 1.16 bits per heavy atom. The number of carbonyl (C=O) groups excluding carboxylic acids is 1. The number of carbonyl (C=O) groups is 1. The van der Waals surface area contributed by atoms with Crippen molar-refractivity contribution < 1.29 is 13.6 Å². The average Bonchev–Trinajstić information content (AvgIpc) is 3.03. The lowest BCUT2D eigenvalue weighted by Crippen LogP contribution is -2.31. The summed E-state index contributed by atoms with van der Waals surface area (Å²) < 4.78 is 29.9. The quantitative estimate of drug-likeness (QED) is 0.526. The smallest absolute Gasteiger partial charge is 0.326 e. The molecule has 2 heterocycles. The summed E-state index contributed by atoms with van der Waals surface area (Å²) in [6.45, 7) is 6.88. The topological polar surface area (TPSA) is 102 Å². The fourth-order valence-electron chi connectivity index (χ4n) is 3.57. The summed E-state index contributed by atoms with van der Waals surface area (Å²) in [5.74, 6) is -1.34. The largest absolute Gasteiger partial charge is 0.330 e. The molecule has 1 aromatic carbocycles. The first-order valence-electron chi connectivity index (χ1n) is 10.7. The maximum Gasteiger partial charge on any atom is 0.330 e. The Balaban J connectivity index is 1.92. The van der Waals surface area contributed by atoms with Crippen molar-refractivity contribution in [2.75, 3.05) is 5.32 Å². The molecule has 0 radical (unpaired) electrons. The number of hydrogen-bond acceptors (Lipinski definition) is 4. The van der Waals surface area contributed by atoms with Crippen LogP contribution in [-0.4, -0.2) is 25.0 Å². The number of nitrogens with zero attached hydrogens (tertiary/aromatic N) is 3. The van der Waals surface area contributed by atoms with Crippen molar-refractivity contribution in [1.82, 2.24) is 19.1 Å². The number of imidazole rings is 1. The molecule has 10 heteroatoms. The van der Waals surface area contributed by atoms with Crippen LogP contribution in [0.1, 0.15) is 45.9 Å². The number of rotatable bonds is 9. The predicted molar refractivity (Wildman–Crippen MR) is 118 cm³/mol. The van der Waals surface area contributed by atoms with Gasteiger partial charge in [0.05, 0.1) is 0 Å². The van der Waals surface area contributed by atoms with E-state index in [1.54, 1.807) is 4.57 Å². The maximum atomic E-state index is 13.4. The molecule has 32 heavy (non-hydrogen) atoms. The lowest BCUT2D eigenvalue weighted by atomic mass is 10.2. The molecule has 172 valence electrons. The molecule has 2 aromatic heterocycles. The first kappa shape index (κ1) is 23.4. The minimum absolute atomic E-state index is 0.0172. The second-order valence-corrected chi connectivity index (χ2v) is 8.18. The number of hydrogen-bond donors (Lipinski definition) is 2. The fraction of sp³-hybridized carbons (Fsp3) is 0.455. The Labute approximate surface area is 183 Å². The molecule has 0 unspecified atom stereocenters. The minimum Gasteiger partial charge on any atom is -0.326 e. The Hall–Kier alpha value is -3.30. The van der Waals surface area contributed by atoms with Crippen molar-refractivity contribution in [2.45, 2.75) is 59.5 Å². The zero-order chi connectivity index (χ0) is 23.4. The number of anilines is 1. The number of nitrogens with one attached hydrogen (secondary N) is 2. The van der Waals surface area contributed by atoms with Crippen molar-refractivity contribution in [1.29, 1.82) is 0 Å². The van der Waals surface area contributed by atoms with Crippen molar-refractivity contribution in [3.63, 3.8) is 0 Å². The van der Waals surface area contributed by atoms with E-state index < -0.39 is 28.8 Å². The van der Waals surface area contributed by atoms with E-state index in [0.29, 0.717) is 30.1 Å². The molecule has 0 saturated carbocycles. The first-order chi connectivity index (χ1) is 15.2. The number of H-pyrrole nitrogens is 1. The molecule has 0 bridgehead atoms. The minimum atomic E-state index is -0.789. The van der Waals surface area contributed by atoms with Crippen molar-refractivity contribution in [3.8, 4) is 0 Å². The molecule has 8 nitrogen and oxygen atoms in total. The van der Waals surface area contributed by atoms with Gasteiger partial charge in [-0.1, -0.05) is 27.2 Å². The highest BCUT2D eigenvalue weighted by Gasteiger charge is 2.20. The Morgan fingerprint density at radius 2 is 1.84 bits per heavy atom. The second-order valence-electron chi connectivity index (χ2n) is 8.18. The van der Waals surface area contributed by atoms with Crippen molar-refractivity contribution in [3.05, 3.63) is 56.5 Å². The predicted octanol–water partition coefficient (Wildman–Crippen LogP) is 3.19. The van der Waals surface area contributed by atoms with Crippen molar-refractivity contribution >= 4 is 22.8 Å². The van der Waals surface area contributed by atoms with Gasteiger partial charge >= 0.3 is 5.69 Å². The lowest BCUT2D eigenvalue weighted by molar-refractivity contribution is -0.116. The Morgan fingerprint density at radius 3 is 2.47 bits per heavy atom. The molecule has 0 fully saturated rings. The van der Waals surface area contributed by atoms with Crippen LogP contribution in [0.5, 0.6) is 0 Å². The molecule has 0 aliphatic rings. The van der Waals surface area contributed by atoms with Gasteiger partial charge in [0.25, 0.3) is 5.56 Å². The van der Waals surface area contributed by atoms with E-state index in [1.807, 2.05) is 20.8 Å². The number of aromatic amines is 1. The van der Waals surface area contributed by atoms with Gasteiger partial charge in [-0.3, -0.25) is 19.1 Å². The number of unbranched alkanes of at least 4 members (excludes halogenated alkanes) is 1. The van der Waals surface area contributed by atoms with E-state index in [2.05, 4.69) is 15.3 Å². The number of halogens is 2. The van der Waals surface area contributed by atoms with E-state index in [0.717, 1.165) is 31.0 Å². The third-order valence-electron chi connectivity index (χ3n) is 4.97. The summed E-state index contributed by atoms with van der Waals surface area (Å²) in [5.41, 5.74) is -0.403. The molecule has 0 spiro atoms. The van der Waals surface area contributed by atoms with Gasteiger partial charge in [-0.15, -0.1) is 0 Å². The summed E-state index contributed by atoms with van der Waals surface area (Å²) in [7, 11) is 0. The van der Waals surface area contributed by atoms with Gasteiger partial charge in [0.15, 0.2) is 11.2 Å². The van der Waals surface area contributed by atoms with Crippen LogP contribution in [0.3, 0.4) is 0 Å². The van der Waals surface area contributed by atoms with E-state index in [1.165, 1.54) is 4.57 Å². The Kier molecular flexibility index (Phi) is 7.22. The number of benzene rings is 1. The molecular weight excluding hydrogens is 420 g/mol. The number of aromatic nitrogens is 4. The van der Waals surface area contributed by atoms with E-state index in [9.17, 15) is 23.2 Å². The highest BCUT2D eigenvalue weighted by molar-refractivity contribution is 5.90. The second kappa shape index (κ2) is 9.88. The van der Waals surface area contributed by atoms with Gasteiger partial charge in [0.2, 0.25) is 5.91 Å². The third-order valence-corrected chi connectivity index (χ3v) is 4.97. The van der Waals surface area contributed by atoms with Crippen LogP contribution in [-0.2, 0) is 24.3 Å². The van der Waals surface area contributed by atoms with Crippen LogP contribution < -0.4 is 16.6 Å². The number of fused-ring (bicyclic) bond motifs is 1. The highest BCUT2D eigenvalue weighted by Crippen LogP contribution is 2.17. The van der Waals surface area contributed by atoms with Crippen LogP contribution in [0.25, 0.3) is 11.2 Å². The number of amides is 1. The standard InChI is InChI=1S/C22H27F2N5O3/c1-4-5-8-28-20-19(21(31)27-22(28)32)29(12-13(2)3)17(26-20)6-7-18(30)25-16-10-14(23)9-15(24)11-16/h9-11,13H,4-8,12H2,1-3H3,(H,25,30)(H,27,31,32). The zero-order valence-electron chi connectivity index (χ0n) is 18.4. The zero-order valence-corrected chi connectivity index (χ0v) is 18.4. The molecule has 2 N–H and O–H groups in total. The lowest BCUT2D eigenvalue weighted by Gasteiger charge is -2.11. The molecule has 1 amide bonds. The van der Waals surface area contributed by atoms with Crippen LogP contribution in [0.4, 0.5) is 14.5 Å². The van der Waals surface area contributed by atoms with Crippen LogP contribution >= 0.6 is 0 Å². The summed E-state index contributed by atoms with van der Waals surface area (Å²) in [6, 6.07) is 2.78. The van der Waals surface area contributed by atoms with Gasteiger partial charge in [-0.05, 0) is 24.5 Å². The van der Waals surface area contributed by atoms with E-state index >= 15 is 0 Å².